The number of phenolic OH excluding ortho intramolecular Hbond substituents is 1. The molecule has 0 bridgehead atoms. The van der Waals surface area contributed by atoms with Crippen LogP contribution in [0.3, 0.4) is 0 Å². The summed E-state index contributed by atoms with van der Waals surface area (Å²) in [6.45, 7) is 2.01. The van der Waals surface area contributed by atoms with Gasteiger partial charge in [-0.2, -0.15) is 0 Å². The molecule has 0 saturated heterocycles. The molecule has 1 heterocycles. The van der Waals surface area contributed by atoms with Crippen molar-refractivity contribution in [3.05, 3.63) is 30.4 Å². The highest BCUT2D eigenvalue weighted by molar-refractivity contribution is 8.01. The van der Waals surface area contributed by atoms with Gasteiger partial charge in [0, 0.05) is 5.75 Å². The van der Waals surface area contributed by atoms with E-state index in [9.17, 15) is 5.11 Å². The number of thioether (sulfide) groups is 1. The highest BCUT2D eigenvalue weighted by Crippen LogP contribution is 2.31. The molecule has 0 amide bonds. The summed E-state index contributed by atoms with van der Waals surface area (Å²) in [5.41, 5.74) is 0.959. The minimum absolute atomic E-state index is 0.302. The summed E-state index contributed by atoms with van der Waals surface area (Å²) in [6, 6.07) is 5.27. The molecule has 1 N–H and O–H groups in total. The average molecular weight is 237 g/mol. The Morgan fingerprint density at radius 1 is 1.53 bits per heavy atom. The number of thiazole rings is 1. The molecule has 1 aromatic heterocycles. The van der Waals surface area contributed by atoms with Gasteiger partial charge >= 0.3 is 0 Å². The zero-order chi connectivity index (χ0) is 10.7. The Kier molecular flexibility index (Phi) is 3.28. The zero-order valence-corrected chi connectivity index (χ0v) is 9.94. The predicted molar refractivity (Wildman–Crippen MR) is 66.8 cm³/mol. The standard InChI is InChI=1S/C11H11NOS2/c1-2-3-6-14-11-12-9-5-4-8(13)7-10(9)15-11/h2-5,7,13H,6H2,1H3/b3-2+. The highest BCUT2D eigenvalue weighted by Gasteiger charge is 2.03. The van der Waals surface area contributed by atoms with Crippen molar-refractivity contribution in [1.82, 2.24) is 4.98 Å². The lowest BCUT2D eigenvalue weighted by Gasteiger charge is -1.87. The van der Waals surface area contributed by atoms with E-state index >= 15 is 0 Å². The van der Waals surface area contributed by atoms with Gasteiger partial charge in [-0.05, 0) is 25.1 Å². The van der Waals surface area contributed by atoms with E-state index in [-0.39, 0.29) is 0 Å². The Balaban J connectivity index is 2.23. The lowest BCUT2D eigenvalue weighted by Crippen LogP contribution is -1.71. The molecule has 0 aliphatic carbocycles. The Bertz CT molecular complexity index is 490. The van der Waals surface area contributed by atoms with Gasteiger partial charge in [-0.1, -0.05) is 23.9 Å². The Labute approximate surface area is 96.7 Å². The van der Waals surface area contributed by atoms with Crippen molar-refractivity contribution in [2.45, 2.75) is 11.3 Å². The molecule has 2 nitrogen and oxygen atoms in total. The molecule has 0 spiro atoms. The van der Waals surface area contributed by atoms with Crippen LogP contribution in [0.1, 0.15) is 6.92 Å². The molecule has 0 saturated carbocycles. The van der Waals surface area contributed by atoms with Crippen LogP contribution in [-0.4, -0.2) is 15.8 Å². The third-order valence-electron chi connectivity index (χ3n) is 1.89. The fourth-order valence-corrected chi connectivity index (χ4v) is 3.20. The van der Waals surface area contributed by atoms with Crippen molar-refractivity contribution in [2.75, 3.05) is 5.75 Å². The van der Waals surface area contributed by atoms with Crippen LogP contribution in [0.4, 0.5) is 0 Å². The van der Waals surface area contributed by atoms with E-state index in [4.69, 9.17) is 0 Å². The fourth-order valence-electron chi connectivity index (χ4n) is 1.17. The molecular weight excluding hydrogens is 226 g/mol. The van der Waals surface area contributed by atoms with Gasteiger partial charge in [0.15, 0.2) is 4.34 Å². The van der Waals surface area contributed by atoms with Crippen LogP contribution in [0.2, 0.25) is 0 Å². The van der Waals surface area contributed by atoms with Crippen molar-refractivity contribution in [3.8, 4) is 5.75 Å². The van der Waals surface area contributed by atoms with Crippen molar-refractivity contribution < 1.29 is 5.11 Å². The topological polar surface area (TPSA) is 33.1 Å². The maximum Gasteiger partial charge on any atom is 0.151 e. The SMILES string of the molecule is C/C=C/CSc1nc2ccc(O)cc2s1. The highest BCUT2D eigenvalue weighted by atomic mass is 32.2. The third-order valence-corrected chi connectivity index (χ3v) is 4.00. The maximum atomic E-state index is 9.31. The van der Waals surface area contributed by atoms with Crippen molar-refractivity contribution in [2.24, 2.45) is 0 Å². The van der Waals surface area contributed by atoms with Gasteiger partial charge in [-0.25, -0.2) is 4.98 Å². The number of hydrogen-bond acceptors (Lipinski definition) is 4. The molecule has 2 rings (SSSR count). The quantitative estimate of drug-likeness (QED) is 0.653. The van der Waals surface area contributed by atoms with Gasteiger partial charge in [0.1, 0.15) is 5.75 Å². The van der Waals surface area contributed by atoms with Crippen LogP contribution in [0.25, 0.3) is 10.2 Å². The van der Waals surface area contributed by atoms with Gasteiger partial charge in [-0.3, -0.25) is 0 Å². The summed E-state index contributed by atoms with van der Waals surface area (Å²) in [4.78, 5) is 4.46. The molecule has 0 radical (unpaired) electrons. The van der Waals surface area contributed by atoms with Crippen molar-refractivity contribution in [3.63, 3.8) is 0 Å². The molecule has 0 aliphatic rings. The van der Waals surface area contributed by atoms with E-state index in [2.05, 4.69) is 11.1 Å². The summed E-state index contributed by atoms with van der Waals surface area (Å²) in [7, 11) is 0. The Morgan fingerprint density at radius 3 is 3.20 bits per heavy atom. The summed E-state index contributed by atoms with van der Waals surface area (Å²) in [5.74, 6) is 1.25. The largest absolute Gasteiger partial charge is 0.508 e. The molecule has 0 fully saturated rings. The molecule has 1 aromatic carbocycles. The van der Waals surface area contributed by atoms with E-state index in [1.54, 1.807) is 35.2 Å². The van der Waals surface area contributed by atoms with E-state index < -0.39 is 0 Å². The molecular formula is C11H11NOS2. The minimum Gasteiger partial charge on any atom is -0.508 e. The minimum atomic E-state index is 0.302. The number of fused-ring (bicyclic) bond motifs is 1. The Morgan fingerprint density at radius 2 is 2.40 bits per heavy atom. The molecule has 0 unspecified atom stereocenters. The number of hydrogen-bond donors (Lipinski definition) is 1. The molecule has 2 aromatic rings. The van der Waals surface area contributed by atoms with Gasteiger partial charge in [0.05, 0.1) is 10.2 Å². The molecule has 0 atom stereocenters. The summed E-state index contributed by atoms with van der Waals surface area (Å²) in [6.07, 6.45) is 4.14. The summed E-state index contributed by atoms with van der Waals surface area (Å²) < 4.78 is 2.09. The first-order valence-electron chi connectivity index (χ1n) is 4.63. The van der Waals surface area contributed by atoms with Crippen LogP contribution in [-0.2, 0) is 0 Å². The van der Waals surface area contributed by atoms with Gasteiger partial charge < -0.3 is 5.11 Å². The van der Waals surface area contributed by atoms with E-state index in [1.807, 2.05) is 19.1 Å². The van der Waals surface area contributed by atoms with E-state index in [1.165, 1.54) is 0 Å². The first kappa shape index (κ1) is 10.5. The Hall–Kier alpha value is -1.000. The number of aromatic hydroxyl groups is 1. The number of rotatable bonds is 3. The number of nitrogens with zero attached hydrogens (tertiary/aromatic N) is 1. The number of phenols is 1. The normalized spacial score (nSPS) is 11.5. The van der Waals surface area contributed by atoms with Gasteiger partial charge in [0.25, 0.3) is 0 Å². The molecule has 78 valence electrons. The smallest absolute Gasteiger partial charge is 0.151 e. The first-order valence-corrected chi connectivity index (χ1v) is 6.43. The summed E-state index contributed by atoms with van der Waals surface area (Å²) >= 11 is 3.34. The zero-order valence-electron chi connectivity index (χ0n) is 8.30. The maximum absolute atomic E-state index is 9.31. The van der Waals surface area contributed by atoms with Crippen LogP contribution in [0.15, 0.2) is 34.7 Å². The van der Waals surface area contributed by atoms with Crippen LogP contribution in [0, 0.1) is 0 Å². The third kappa shape index (κ3) is 2.52. The van der Waals surface area contributed by atoms with Gasteiger partial charge in [0.2, 0.25) is 0 Å². The monoisotopic (exact) mass is 237 g/mol. The average Bonchev–Trinajstić information content (AvgIpc) is 2.60. The number of benzene rings is 1. The van der Waals surface area contributed by atoms with Crippen molar-refractivity contribution >= 4 is 33.3 Å². The second-order valence-electron chi connectivity index (χ2n) is 3.01. The number of allylic oxidation sites excluding steroid dienone is 1. The van der Waals surface area contributed by atoms with Crippen LogP contribution in [0.5, 0.6) is 5.75 Å². The lowest BCUT2D eigenvalue weighted by atomic mass is 10.3. The van der Waals surface area contributed by atoms with Crippen LogP contribution < -0.4 is 0 Å². The predicted octanol–water partition coefficient (Wildman–Crippen LogP) is 3.67. The van der Waals surface area contributed by atoms with Gasteiger partial charge in [-0.15, -0.1) is 11.3 Å². The fraction of sp³-hybridized carbons (Fsp3) is 0.182. The second kappa shape index (κ2) is 4.68. The van der Waals surface area contributed by atoms with Crippen molar-refractivity contribution in [1.29, 1.82) is 0 Å². The molecule has 15 heavy (non-hydrogen) atoms. The van der Waals surface area contributed by atoms with Crippen LogP contribution >= 0.6 is 23.1 Å². The number of aromatic nitrogens is 1. The summed E-state index contributed by atoms with van der Waals surface area (Å²) in [5, 5.41) is 9.31. The molecule has 0 aliphatic heterocycles. The first-order chi connectivity index (χ1) is 7.29. The second-order valence-corrected chi connectivity index (χ2v) is 5.31. The molecule has 4 heteroatoms. The van der Waals surface area contributed by atoms with E-state index in [0.29, 0.717) is 5.75 Å². The lowest BCUT2D eigenvalue weighted by molar-refractivity contribution is 0.476. The van der Waals surface area contributed by atoms with E-state index in [0.717, 1.165) is 20.3 Å².